The van der Waals surface area contributed by atoms with Crippen LogP contribution in [0, 0.1) is 16.0 Å². The fourth-order valence-corrected chi connectivity index (χ4v) is 1.42. The molecular formula is C10H13ClN2O3. The second-order valence-corrected chi connectivity index (χ2v) is 3.97. The second-order valence-electron chi connectivity index (χ2n) is 3.56. The number of para-hydroxylation sites is 1. The third-order valence-electron chi connectivity index (χ3n) is 2.13. The third kappa shape index (κ3) is 3.08. The maximum atomic E-state index is 10.7. The fourth-order valence-electron chi connectivity index (χ4n) is 1.18. The molecule has 1 rings (SSSR count). The molecule has 0 amide bonds. The van der Waals surface area contributed by atoms with Crippen LogP contribution in [0.2, 0.25) is 5.02 Å². The molecule has 1 aromatic carbocycles. The molecule has 0 spiro atoms. The summed E-state index contributed by atoms with van der Waals surface area (Å²) in [5.41, 5.74) is 0.243. The minimum atomic E-state index is -0.488. The van der Waals surface area contributed by atoms with Crippen LogP contribution in [-0.2, 0) is 0 Å². The zero-order chi connectivity index (χ0) is 12.1. The van der Waals surface area contributed by atoms with Gasteiger partial charge in [0.1, 0.15) is 5.69 Å². The molecule has 1 unspecified atom stereocenters. The lowest BCUT2D eigenvalue weighted by atomic mass is 10.2. The zero-order valence-electron chi connectivity index (χ0n) is 8.81. The number of rotatable bonds is 5. The van der Waals surface area contributed by atoms with Crippen LogP contribution in [0.3, 0.4) is 0 Å². The highest BCUT2D eigenvalue weighted by Gasteiger charge is 2.16. The Kier molecular flexibility index (Phi) is 4.52. The number of nitro benzene ring substituents is 1. The Morgan fingerprint density at radius 3 is 2.88 bits per heavy atom. The van der Waals surface area contributed by atoms with Crippen molar-refractivity contribution < 1.29 is 10.0 Å². The standard InChI is InChI=1S/C10H13ClN2O3/c1-7(6-14)5-12-10-8(11)3-2-4-9(10)13(15)16/h2-4,7,12,14H,5-6H2,1H3. The number of nitrogens with one attached hydrogen (secondary N) is 1. The van der Waals surface area contributed by atoms with Crippen LogP contribution in [-0.4, -0.2) is 23.2 Å². The van der Waals surface area contributed by atoms with Gasteiger partial charge in [-0.3, -0.25) is 10.1 Å². The van der Waals surface area contributed by atoms with Gasteiger partial charge in [-0.25, -0.2) is 0 Å². The number of aliphatic hydroxyl groups excluding tert-OH is 1. The summed E-state index contributed by atoms with van der Waals surface area (Å²) in [6, 6.07) is 4.50. The lowest BCUT2D eigenvalue weighted by Crippen LogP contribution is -2.15. The molecule has 0 bridgehead atoms. The first kappa shape index (κ1) is 12.7. The summed E-state index contributed by atoms with van der Waals surface area (Å²) in [4.78, 5) is 10.3. The van der Waals surface area contributed by atoms with Gasteiger partial charge in [0.25, 0.3) is 5.69 Å². The van der Waals surface area contributed by atoms with Crippen molar-refractivity contribution in [2.75, 3.05) is 18.5 Å². The molecule has 88 valence electrons. The molecule has 16 heavy (non-hydrogen) atoms. The molecule has 1 atom stereocenters. The Morgan fingerprint density at radius 1 is 1.62 bits per heavy atom. The lowest BCUT2D eigenvalue weighted by Gasteiger charge is -2.12. The quantitative estimate of drug-likeness (QED) is 0.616. The maximum Gasteiger partial charge on any atom is 0.293 e. The van der Waals surface area contributed by atoms with Crippen molar-refractivity contribution in [2.24, 2.45) is 5.92 Å². The zero-order valence-corrected chi connectivity index (χ0v) is 9.57. The van der Waals surface area contributed by atoms with Crippen molar-refractivity contribution in [3.8, 4) is 0 Å². The van der Waals surface area contributed by atoms with Crippen LogP contribution in [0.5, 0.6) is 0 Å². The van der Waals surface area contributed by atoms with E-state index in [1.165, 1.54) is 12.1 Å². The van der Waals surface area contributed by atoms with Crippen LogP contribution >= 0.6 is 11.6 Å². The van der Waals surface area contributed by atoms with Crippen LogP contribution in [0.25, 0.3) is 0 Å². The molecule has 0 saturated carbocycles. The summed E-state index contributed by atoms with van der Waals surface area (Å²) in [6.45, 7) is 2.28. The lowest BCUT2D eigenvalue weighted by molar-refractivity contribution is -0.383. The van der Waals surface area contributed by atoms with E-state index in [0.29, 0.717) is 17.3 Å². The summed E-state index contributed by atoms with van der Waals surface area (Å²) in [5, 5.41) is 22.8. The van der Waals surface area contributed by atoms with Gasteiger partial charge in [-0.2, -0.15) is 0 Å². The summed E-state index contributed by atoms with van der Waals surface area (Å²) in [7, 11) is 0. The van der Waals surface area contributed by atoms with Crippen LogP contribution in [0.4, 0.5) is 11.4 Å². The molecule has 0 fully saturated rings. The van der Waals surface area contributed by atoms with Crippen molar-refractivity contribution in [3.05, 3.63) is 33.3 Å². The number of hydrogen-bond acceptors (Lipinski definition) is 4. The number of aliphatic hydroxyl groups is 1. The van der Waals surface area contributed by atoms with Gasteiger partial charge in [0.15, 0.2) is 0 Å². The van der Waals surface area contributed by atoms with Crippen molar-refractivity contribution >= 4 is 23.0 Å². The molecule has 0 heterocycles. The monoisotopic (exact) mass is 244 g/mol. The number of benzene rings is 1. The number of nitro groups is 1. The smallest absolute Gasteiger partial charge is 0.293 e. The highest BCUT2D eigenvalue weighted by atomic mass is 35.5. The summed E-state index contributed by atoms with van der Waals surface area (Å²) in [6.07, 6.45) is 0. The molecule has 0 aromatic heterocycles. The van der Waals surface area contributed by atoms with Crippen LogP contribution < -0.4 is 5.32 Å². The highest BCUT2D eigenvalue weighted by Crippen LogP contribution is 2.31. The van der Waals surface area contributed by atoms with E-state index in [0.717, 1.165) is 0 Å². The number of halogens is 1. The molecule has 2 N–H and O–H groups in total. The first-order valence-corrected chi connectivity index (χ1v) is 5.21. The van der Waals surface area contributed by atoms with Crippen molar-refractivity contribution in [3.63, 3.8) is 0 Å². The van der Waals surface area contributed by atoms with Gasteiger partial charge in [-0.1, -0.05) is 24.6 Å². The molecule has 0 aliphatic heterocycles. The largest absolute Gasteiger partial charge is 0.396 e. The summed E-state index contributed by atoms with van der Waals surface area (Å²) >= 11 is 5.87. The number of nitrogens with zero attached hydrogens (tertiary/aromatic N) is 1. The van der Waals surface area contributed by atoms with E-state index < -0.39 is 4.92 Å². The Balaban J connectivity index is 2.88. The van der Waals surface area contributed by atoms with Gasteiger partial charge in [0, 0.05) is 19.2 Å². The van der Waals surface area contributed by atoms with Crippen molar-refractivity contribution in [1.29, 1.82) is 0 Å². The molecule has 5 nitrogen and oxygen atoms in total. The van der Waals surface area contributed by atoms with Gasteiger partial charge in [0.05, 0.1) is 9.95 Å². The van der Waals surface area contributed by atoms with Gasteiger partial charge in [0.2, 0.25) is 0 Å². The van der Waals surface area contributed by atoms with E-state index in [1.807, 2.05) is 6.92 Å². The SMILES string of the molecule is CC(CO)CNc1c(Cl)cccc1[N+](=O)[O-]. The highest BCUT2D eigenvalue weighted by molar-refractivity contribution is 6.33. The summed E-state index contributed by atoms with van der Waals surface area (Å²) < 4.78 is 0. The molecule has 6 heteroatoms. The topological polar surface area (TPSA) is 75.4 Å². The summed E-state index contributed by atoms with van der Waals surface area (Å²) in [5.74, 6) is 0.0101. The minimum absolute atomic E-state index is 0.0101. The Morgan fingerprint density at radius 2 is 2.31 bits per heavy atom. The average molecular weight is 245 g/mol. The van der Waals surface area contributed by atoms with Crippen LogP contribution in [0.15, 0.2) is 18.2 Å². The van der Waals surface area contributed by atoms with Crippen LogP contribution in [0.1, 0.15) is 6.92 Å². The van der Waals surface area contributed by atoms with Crippen molar-refractivity contribution in [2.45, 2.75) is 6.92 Å². The van der Waals surface area contributed by atoms with Gasteiger partial charge < -0.3 is 10.4 Å². The molecule has 0 aliphatic carbocycles. The Labute approximate surface area is 98.2 Å². The van der Waals surface area contributed by atoms with E-state index in [1.54, 1.807) is 6.07 Å². The van der Waals surface area contributed by atoms with E-state index in [2.05, 4.69) is 5.32 Å². The van der Waals surface area contributed by atoms with E-state index >= 15 is 0 Å². The number of hydrogen-bond donors (Lipinski definition) is 2. The van der Waals surface area contributed by atoms with E-state index in [-0.39, 0.29) is 18.2 Å². The Bertz CT molecular complexity index is 384. The molecular weight excluding hydrogens is 232 g/mol. The normalized spacial score (nSPS) is 12.2. The predicted molar refractivity (Wildman–Crippen MR) is 62.8 cm³/mol. The first-order valence-electron chi connectivity index (χ1n) is 4.84. The molecule has 1 aromatic rings. The predicted octanol–water partition coefficient (Wildman–Crippen LogP) is 2.29. The van der Waals surface area contributed by atoms with E-state index in [9.17, 15) is 10.1 Å². The maximum absolute atomic E-state index is 10.7. The second kappa shape index (κ2) is 5.67. The fraction of sp³-hybridized carbons (Fsp3) is 0.400. The van der Waals surface area contributed by atoms with Crippen molar-refractivity contribution in [1.82, 2.24) is 0 Å². The minimum Gasteiger partial charge on any atom is -0.396 e. The van der Waals surface area contributed by atoms with Gasteiger partial charge >= 0.3 is 0 Å². The average Bonchev–Trinajstić information content (AvgIpc) is 2.26. The van der Waals surface area contributed by atoms with Gasteiger partial charge in [-0.15, -0.1) is 0 Å². The van der Waals surface area contributed by atoms with E-state index in [4.69, 9.17) is 16.7 Å². The third-order valence-corrected chi connectivity index (χ3v) is 2.44. The van der Waals surface area contributed by atoms with Gasteiger partial charge in [-0.05, 0) is 12.0 Å². The first-order chi connectivity index (χ1) is 7.56. The number of anilines is 1. The molecule has 0 radical (unpaired) electrons. The molecule has 0 aliphatic rings. The Hall–Kier alpha value is -1.33. The molecule has 0 saturated heterocycles.